The van der Waals surface area contributed by atoms with Crippen molar-refractivity contribution in [2.45, 2.75) is 71.9 Å². The molecular formula is C27H37NO3. The van der Waals surface area contributed by atoms with E-state index in [1.807, 2.05) is 0 Å². The first-order valence-corrected chi connectivity index (χ1v) is 12.0. The highest BCUT2D eigenvalue weighted by Crippen LogP contribution is 2.41. The minimum Gasteiger partial charge on any atom is -0.490 e. The van der Waals surface area contributed by atoms with E-state index in [0.29, 0.717) is 18.1 Å². The van der Waals surface area contributed by atoms with E-state index in [4.69, 9.17) is 4.74 Å². The topological polar surface area (TPSA) is 49.8 Å². The molecule has 1 aliphatic heterocycles. The third-order valence-electron chi connectivity index (χ3n) is 7.90. The van der Waals surface area contributed by atoms with Crippen molar-refractivity contribution in [2.24, 2.45) is 17.3 Å². The van der Waals surface area contributed by atoms with E-state index in [0.717, 1.165) is 44.0 Å². The Morgan fingerprint density at radius 3 is 2.45 bits per heavy atom. The summed E-state index contributed by atoms with van der Waals surface area (Å²) in [5.41, 5.74) is 1.68. The molecule has 2 aromatic rings. The first-order chi connectivity index (χ1) is 14.8. The van der Waals surface area contributed by atoms with Gasteiger partial charge in [-0.25, -0.2) is 0 Å². The summed E-state index contributed by atoms with van der Waals surface area (Å²) in [4.78, 5) is 13.4. The molecule has 4 rings (SSSR count). The van der Waals surface area contributed by atoms with Crippen molar-refractivity contribution in [3.63, 3.8) is 0 Å². The molecule has 1 N–H and O–H groups in total. The van der Waals surface area contributed by atoms with Gasteiger partial charge in [0, 0.05) is 13.1 Å². The van der Waals surface area contributed by atoms with Gasteiger partial charge in [0.15, 0.2) is 0 Å². The van der Waals surface area contributed by atoms with Crippen LogP contribution in [0, 0.1) is 17.3 Å². The van der Waals surface area contributed by atoms with Crippen LogP contribution in [0.1, 0.15) is 64.9 Å². The Labute approximate surface area is 186 Å². The monoisotopic (exact) mass is 423 g/mol. The molecule has 31 heavy (non-hydrogen) atoms. The average Bonchev–Trinajstić information content (AvgIpc) is 3.23. The van der Waals surface area contributed by atoms with E-state index in [9.17, 15) is 9.90 Å². The third-order valence-corrected chi connectivity index (χ3v) is 7.90. The summed E-state index contributed by atoms with van der Waals surface area (Å²) in [5.74, 6) is 0.899. The van der Waals surface area contributed by atoms with Crippen LogP contribution in [0.5, 0.6) is 5.75 Å². The standard InChI is InChI=1S/C27H37NO3/c1-4-27(2,3)23-8-11-24(12-9-23)31-25-10-7-20-15-19(5-6-21(20)16-25)17-28-14-13-22(18-28)26(29)30/h5-7,10,15-16,22-24H,4,8-9,11-14,17-18H2,1-3H3,(H,29,30). The highest BCUT2D eigenvalue weighted by molar-refractivity contribution is 5.84. The number of carboxylic acids is 1. The summed E-state index contributed by atoms with van der Waals surface area (Å²) in [6.07, 6.45) is 7.16. The zero-order valence-electron chi connectivity index (χ0n) is 19.3. The lowest BCUT2D eigenvalue weighted by Gasteiger charge is -2.38. The van der Waals surface area contributed by atoms with Crippen molar-refractivity contribution in [2.75, 3.05) is 13.1 Å². The van der Waals surface area contributed by atoms with E-state index in [1.165, 1.54) is 35.6 Å². The smallest absolute Gasteiger partial charge is 0.307 e. The molecule has 4 heteroatoms. The molecule has 168 valence electrons. The Bertz CT molecular complexity index is 914. The largest absolute Gasteiger partial charge is 0.490 e. The minimum absolute atomic E-state index is 0.219. The number of carbonyl (C=O) groups is 1. The first kappa shape index (κ1) is 22.1. The lowest BCUT2D eigenvalue weighted by molar-refractivity contribution is -0.141. The number of carboxylic acid groups (broad SMARTS) is 1. The number of aliphatic carboxylic acids is 1. The van der Waals surface area contributed by atoms with E-state index in [-0.39, 0.29) is 5.92 Å². The van der Waals surface area contributed by atoms with Gasteiger partial charge < -0.3 is 9.84 Å². The molecule has 0 bridgehead atoms. The minimum atomic E-state index is -0.670. The second kappa shape index (κ2) is 9.20. The third kappa shape index (κ3) is 5.23. The summed E-state index contributed by atoms with van der Waals surface area (Å²) in [6.45, 7) is 9.45. The Morgan fingerprint density at radius 1 is 1.06 bits per heavy atom. The van der Waals surface area contributed by atoms with Crippen LogP contribution in [0.2, 0.25) is 0 Å². The summed E-state index contributed by atoms with van der Waals surface area (Å²) >= 11 is 0. The van der Waals surface area contributed by atoms with Gasteiger partial charge in [0.05, 0.1) is 12.0 Å². The van der Waals surface area contributed by atoms with Crippen molar-refractivity contribution < 1.29 is 14.6 Å². The molecule has 1 saturated carbocycles. The van der Waals surface area contributed by atoms with E-state index in [2.05, 4.69) is 62.1 Å². The van der Waals surface area contributed by atoms with Crippen LogP contribution < -0.4 is 4.74 Å². The van der Waals surface area contributed by atoms with Crippen molar-refractivity contribution in [3.8, 4) is 5.75 Å². The average molecular weight is 424 g/mol. The molecule has 2 aromatic carbocycles. The molecule has 4 nitrogen and oxygen atoms in total. The van der Waals surface area contributed by atoms with Gasteiger partial charge in [-0.1, -0.05) is 45.4 Å². The van der Waals surface area contributed by atoms with Crippen LogP contribution in [0.4, 0.5) is 0 Å². The van der Waals surface area contributed by atoms with Crippen LogP contribution >= 0.6 is 0 Å². The van der Waals surface area contributed by atoms with Crippen LogP contribution in [0.15, 0.2) is 36.4 Å². The van der Waals surface area contributed by atoms with Gasteiger partial charge >= 0.3 is 5.97 Å². The Morgan fingerprint density at radius 2 is 1.77 bits per heavy atom. The predicted molar refractivity (Wildman–Crippen MR) is 125 cm³/mol. The highest BCUT2D eigenvalue weighted by Gasteiger charge is 2.32. The van der Waals surface area contributed by atoms with Crippen LogP contribution in [-0.2, 0) is 11.3 Å². The number of ether oxygens (including phenoxy) is 1. The molecule has 1 heterocycles. The van der Waals surface area contributed by atoms with E-state index < -0.39 is 5.97 Å². The molecule has 0 spiro atoms. The number of hydrogen-bond acceptors (Lipinski definition) is 3. The molecule has 1 saturated heterocycles. The van der Waals surface area contributed by atoms with Gasteiger partial charge in [-0.3, -0.25) is 9.69 Å². The van der Waals surface area contributed by atoms with Crippen molar-refractivity contribution in [3.05, 3.63) is 42.0 Å². The fourth-order valence-electron chi connectivity index (χ4n) is 5.32. The SMILES string of the molecule is CCC(C)(C)C1CCC(Oc2ccc3cc(CN4CCC(C(=O)O)C4)ccc3c2)CC1. The molecular weight excluding hydrogens is 386 g/mol. The van der Waals surface area contributed by atoms with Crippen molar-refractivity contribution >= 4 is 16.7 Å². The maximum atomic E-state index is 11.2. The van der Waals surface area contributed by atoms with Gasteiger partial charge in [-0.2, -0.15) is 0 Å². The lowest BCUT2D eigenvalue weighted by atomic mass is 9.69. The normalized spacial score (nSPS) is 25.1. The quantitative estimate of drug-likeness (QED) is 0.583. The number of rotatable bonds is 7. The predicted octanol–water partition coefficient (Wildman–Crippen LogP) is 6.12. The maximum absolute atomic E-state index is 11.2. The summed E-state index contributed by atoms with van der Waals surface area (Å²) in [6, 6.07) is 13.0. The second-order valence-electron chi connectivity index (χ2n) is 10.3. The Hall–Kier alpha value is -2.07. The highest BCUT2D eigenvalue weighted by atomic mass is 16.5. The molecule has 1 atom stereocenters. The van der Waals surface area contributed by atoms with Gasteiger partial charge in [0.1, 0.15) is 5.75 Å². The molecule has 2 aliphatic rings. The van der Waals surface area contributed by atoms with Crippen LogP contribution in [0.3, 0.4) is 0 Å². The molecule has 2 fully saturated rings. The molecule has 0 radical (unpaired) electrons. The molecule has 0 aromatic heterocycles. The van der Waals surface area contributed by atoms with Crippen LogP contribution in [0.25, 0.3) is 10.8 Å². The zero-order chi connectivity index (χ0) is 22.0. The zero-order valence-corrected chi connectivity index (χ0v) is 19.3. The second-order valence-corrected chi connectivity index (χ2v) is 10.3. The fourth-order valence-corrected chi connectivity index (χ4v) is 5.32. The van der Waals surface area contributed by atoms with Crippen molar-refractivity contribution in [1.82, 2.24) is 4.90 Å². The number of nitrogens with zero attached hydrogens (tertiary/aromatic N) is 1. The maximum Gasteiger partial charge on any atom is 0.307 e. The number of hydrogen-bond donors (Lipinski definition) is 1. The van der Waals surface area contributed by atoms with Crippen LogP contribution in [-0.4, -0.2) is 35.2 Å². The first-order valence-electron chi connectivity index (χ1n) is 12.0. The number of benzene rings is 2. The summed E-state index contributed by atoms with van der Waals surface area (Å²) in [5, 5.41) is 11.6. The summed E-state index contributed by atoms with van der Waals surface area (Å²) < 4.78 is 6.37. The number of fused-ring (bicyclic) bond motifs is 1. The summed E-state index contributed by atoms with van der Waals surface area (Å²) in [7, 11) is 0. The van der Waals surface area contributed by atoms with Crippen molar-refractivity contribution in [1.29, 1.82) is 0 Å². The van der Waals surface area contributed by atoms with E-state index >= 15 is 0 Å². The van der Waals surface area contributed by atoms with Gasteiger partial charge in [-0.15, -0.1) is 0 Å². The fraction of sp³-hybridized carbons (Fsp3) is 0.593. The Kier molecular flexibility index (Phi) is 6.57. The van der Waals surface area contributed by atoms with Gasteiger partial charge in [0.2, 0.25) is 0 Å². The lowest BCUT2D eigenvalue weighted by Crippen LogP contribution is -2.31. The molecule has 1 unspecified atom stereocenters. The molecule has 0 amide bonds. The number of likely N-dealkylation sites (tertiary alicyclic amines) is 1. The van der Waals surface area contributed by atoms with Gasteiger partial charge in [-0.05, 0) is 84.5 Å². The Balaban J connectivity index is 1.35. The molecule has 1 aliphatic carbocycles. The van der Waals surface area contributed by atoms with E-state index in [1.54, 1.807) is 0 Å². The van der Waals surface area contributed by atoms with Gasteiger partial charge in [0.25, 0.3) is 0 Å².